The Balaban J connectivity index is 1.29. The second-order valence-corrected chi connectivity index (χ2v) is 9.24. The van der Waals surface area contributed by atoms with Gasteiger partial charge in [0.15, 0.2) is 0 Å². The van der Waals surface area contributed by atoms with E-state index in [1.54, 1.807) is 0 Å². The summed E-state index contributed by atoms with van der Waals surface area (Å²) in [5.74, 6) is 1.63. The van der Waals surface area contributed by atoms with Crippen LogP contribution in [0.3, 0.4) is 0 Å². The van der Waals surface area contributed by atoms with Gasteiger partial charge in [-0.25, -0.2) is 0 Å². The third-order valence-corrected chi connectivity index (χ3v) is 6.64. The summed E-state index contributed by atoms with van der Waals surface area (Å²) in [6, 6.07) is 18.6. The molecule has 1 saturated carbocycles. The molecule has 4 atom stereocenters. The van der Waals surface area contributed by atoms with Gasteiger partial charge < -0.3 is 15.3 Å². The van der Waals surface area contributed by atoms with Crippen LogP contribution in [0.4, 0.5) is 5.69 Å². The van der Waals surface area contributed by atoms with Crippen LogP contribution in [0.2, 0.25) is 0 Å². The Bertz CT molecular complexity index is 820. The minimum atomic E-state index is -0.534. The first kappa shape index (κ1) is 20.1. The van der Waals surface area contributed by atoms with Crippen molar-refractivity contribution in [3.8, 4) is 0 Å². The van der Waals surface area contributed by atoms with E-state index in [4.69, 9.17) is 0 Å². The molecule has 2 aliphatic rings. The van der Waals surface area contributed by atoms with Crippen molar-refractivity contribution in [2.24, 2.45) is 11.8 Å². The predicted octanol–water partition coefficient (Wildman–Crippen LogP) is 4.06. The molecule has 0 aromatic heterocycles. The Morgan fingerprint density at radius 3 is 2.31 bits per heavy atom. The lowest BCUT2D eigenvalue weighted by Gasteiger charge is -2.27. The number of carbonyl (C=O) groups is 1. The second kappa shape index (κ2) is 8.29. The summed E-state index contributed by atoms with van der Waals surface area (Å²) in [5.41, 5.74) is 2.86. The van der Waals surface area contributed by atoms with Gasteiger partial charge in [-0.05, 0) is 53.9 Å². The number of hydrogen-bond donors (Lipinski definition) is 2. The molecule has 0 radical (unpaired) electrons. The maximum Gasteiger partial charge on any atom is 0.221 e. The number of nitrogens with one attached hydrogen (secondary N) is 1. The minimum Gasteiger partial charge on any atom is -0.390 e. The highest BCUT2D eigenvalue weighted by Crippen LogP contribution is 2.45. The van der Waals surface area contributed by atoms with Crippen LogP contribution in [0, 0.1) is 11.8 Å². The first-order chi connectivity index (χ1) is 13.9. The number of anilines is 1. The molecular weight excluding hydrogens is 360 g/mol. The summed E-state index contributed by atoms with van der Waals surface area (Å²) in [6.45, 7) is 7.03. The maximum atomic E-state index is 11.2. The Morgan fingerprint density at radius 1 is 1.10 bits per heavy atom. The Hall–Kier alpha value is -2.17. The molecule has 1 aliphatic heterocycles. The zero-order valence-corrected chi connectivity index (χ0v) is 17.5. The summed E-state index contributed by atoms with van der Waals surface area (Å²) in [7, 11) is 0. The molecule has 2 aromatic rings. The van der Waals surface area contributed by atoms with E-state index in [-0.39, 0.29) is 5.91 Å². The Labute approximate surface area is 173 Å². The molecule has 1 saturated heterocycles. The normalized spacial score (nSPS) is 27.6. The van der Waals surface area contributed by atoms with E-state index in [2.05, 4.69) is 53.5 Å². The second-order valence-electron chi connectivity index (χ2n) is 9.24. The topological polar surface area (TPSA) is 52.6 Å². The van der Waals surface area contributed by atoms with Gasteiger partial charge >= 0.3 is 0 Å². The summed E-state index contributed by atoms with van der Waals surface area (Å²) in [6.07, 6.45) is 2.61. The van der Waals surface area contributed by atoms with Gasteiger partial charge in [0.05, 0.1) is 5.60 Å². The molecule has 1 unspecified atom stereocenters. The average Bonchev–Trinajstić information content (AvgIpc) is 3.16. The fraction of sp³-hybridized carbons (Fsp3) is 0.480. The number of fused-ring (bicyclic) bond motifs is 1. The zero-order valence-electron chi connectivity index (χ0n) is 17.5. The monoisotopic (exact) mass is 392 g/mol. The van der Waals surface area contributed by atoms with Crippen LogP contribution in [0.15, 0.2) is 54.6 Å². The molecule has 154 valence electrons. The molecule has 1 heterocycles. The van der Waals surface area contributed by atoms with Crippen LogP contribution in [0.1, 0.15) is 43.7 Å². The van der Waals surface area contributed by atoms with Crippen molar-refractivity contribution in [3.05, 3.63) is 65.7 Å². The van der Waals surface area contributed by atoms with Crippen molar-refractivity contribution >= 4 is 11.6 Å². The third kappa shape index (κ3) is 4.88. The SMILES string of the molecule is CC(=O)Nc1ccc(C(C)CN2C[C@@H]3C[C@@](O)(Cc4ccccc4)C[C@@H]3C2)cc1. The van der Waals surface area contributed by atoms with E-state index in [1.165, 1.54) is 18.1 Å². The molecule has 1 amide bonds. The molecule has 29 heavy (non-hydrogen) atoms. The van der Waals surface area contributed by atoms with Crippen molar-refractivity contribution in [1.82, 2.24) is 4.90 Å². The van der Waals surface area contributed by atoms with Gasteiger partial charge in [0.1, 0.15) is 0 Å². The molecule has 0 bridgehead atoms. The fourth-order valence-electron chi connectivity index (χ4n) is 5.42. The summed E-state index contributed by atoms with van der Waals surface area (Å²) in [4.78, 5) is 13.7. The van der Waals surface area contributed by atoms with Crippen molar-refractivity contribution in [2.45, 2.75) is 44.6 Å². The Morgan fingerprint density at radius 2 is 1.72 bits per heavy atom. The van der Waals surface area contributed by atoms with E-state index in [0.29, 0.717) is 17.8 Å². The maximum absolute atomic E-state index is 11.2. The number of likely N-dealkylation sites (tertiary alicyclic amines) is 1. The summed E-state index contributed by atoms with van der Waals surface area (Å²) >= 11 is 0. The quantitative estimate of drug-likeness (QED) is 0.779. The summed E-state index contributed by atoms with van der Waals surface area (Å²) in [5, 5.41) is 14.0. The molecular formula is C25H32N2O2. The standard InChI is InChI=1S/C25H32N2O2/c1-18(21-8-10-24(11-9-21)26-19(2)28)15-27-16-22-13-25(29,14-23(22)17-27)12-20-6-4-3-5-7-20/h3-11,18,22-23,29H,12-17H2,1-2H3,(H,26,28)/t18?,22-,23+,25-. The average molecular weight is 393 g/mol. The van der Waals surface area contributed by atoms with Gasteiger partial charge in [-0.15, -0.1) is 0 Å². The van der Waals surface area contributed by atoms with Gasteiger partial charge in [0.25, 0.3) is 0 Å². The highest BCUT2D eigenvalue weighted by Gasteiger charge is 2.48. The number of nitrogens with zero attached hydrogens (tertiary/aromatic N) is 1. The van der Waals surface area contributed by atoms with Crippen LogP contribution in [0.5, 0.6) is 0 Å². The van der Waals surface area contributed by atoms with E-state index >= 15 is 0 Å². The molecule has 2 N–H and O–H groups in total. The largest absolute Gasteiger partial charge is 0.390 e. The number of hydrogen-bond acceptors (Lipinski definition) is 3. The van der Waals surface area contributed by atoms with Crippen molar-refractivity contribution < 1.29 is 9.90 Å². The van der Waals surface area contributed by atoms with E-state index < -0.39 is 5.60 Å². The Kier molecular flexibility index (Phi) is 5.75. The molecule has 2 aromatic carbocycles. The van der Waals surface area contributed by atoms with Gasteiger partial charge in [-0.3, -0.25) is 4.79 Å². The van der Waals surface area contributed by atoms with Gasteiger partial charge in [0, 0.05) is 38.7 Å². The van der Waals surface area contributed by atoms with Crippen molar-refractivity contribution in [2.75, 3.05) is 25.0 Å². The smallest absolute Gasteiger partial charge is 0.221 e. The number of rotatable bonds is 6. The minimum absolute atomic E-state index is 0.0402. The fourth-order valence-corrected chi connectivity index (χ4v) is 5.42. The first-order valence-corrected chi connectivity index (χ1v) is 10.8. The van der Waals surface area contributed by atoms with Gasteiger partial charge in [-0.2, -0.15) is 0 Å². The summed E-state index contributed by atoms with van der Waals surface area (Å²) < 4.78 is 0. The molecule has 4 heteroatoms. The zero-order chi connectivity index (χ0) is 20.4. The van der Waals surface area contributed by atoms with Gasteiger partial charge in [0.2, 0.25) is 5.91 Å². The molecule has 1 aliphatic carbocycles. The number of carbonyl (C=O) groups excluding carboxylic acids is 1. The highest BCUT2D eigenvalue weighted by molar-refractivity contribution is 5.88. The molecule has 2 fully saturated rings. The van der Waals surface area contributed by atoms with Crippen molar-refractivity contribution in [1.29, 1.82) is 0 Å². The van der Waals surface area contributed by atoms with Crippen LogP contribution in [0.25, 0.3) is 0 Å². The number of amides is 1. The molecule has 0 spiro atoms. The third-order valence-electron chi connectivity index (χ3n) is 6.64. The highest BCUT2D eigenvalue weighted by atomic mass is 16.3. The van der Waals surface area contributed by atoms with Crippen molar-refractivity contribution in [3.63, 3.8) is 0 Å². The van der Waals surface area contributed by atoms with Crippen LogP contribution in [-0.2, 0) is 11.2 Å². The number of benzene rings is 2. The van der Waals surface area contributed by atoms with E-state index in [0.717, 1.165) is 44.6 Å². The molecule has 4 rings (SSSR count). The lowest BCUT2D eigenvalue weighted by molar-refractivity contribution is -0.114. The van der Waals surface area contributed by atoms with Crippen LogP contribution >= 0.6 is 0 Å². The molecule has 4 nitrogen and oxygen atoms in total. The van der Waals surface area contributed by atoms with Crippen LogP contribution in [-0.4, -0.2) is 41.1 Å². The lowest BCUT2D eigenvalue weighted by atomic mass is 9.91. The predicted molar refractivity (Wildman–Crippen MR) is 117 cm³/mol. The first-order valence-electron chi connectivity index (χ1n) is 10.8. The number of aliphatic hydroxyl groups is 1. The van der Waals surface area contributed by atoms with Gasteiger partial charge in [-0.1, -0.05) is 49.4 Å². The van der Waals surface area contributed by atoms with E-state index in [9.17, 15) is 9.90 Å². The lowest BCUT2D eigenvalue weighted by Crippen LogP contribution is -2.33. The van der Waals surface area contributed by atoms with Crippen LogP contribution < -0.4 is 5.32 Å². The van der Waals surface area contributed by atoms with E-state index in [1.807, 2.05) is 18.2 Å².